The average Bonchev–Trinajstić information content (AvgIpc) is 2.49. The van der Waals surface area contributed by atoms with Crippen molar-refractivity contribution in [1.82, 2.24) is 10.6 Å². The molecule has 1 aromatic carbocycles. The number of nitrogens with two attached hydrogens (primary N) is 1. The number of amides is 2. The summed E-state index contributed by atoms with van der Waals surface area (Å²) in [4.78, 5) is 24.0. The van der Waals surface area contributed by atoms with Crippen LogP contribution in [0, 0.1) is 0 Å². The highest BCUT2D eigenvalue weighted by atomic mass is 16.5. The van der Waals surface area contributed by atoms with Gasteiger partial charge in [-0.1, -0.05) is 30.3 Å². The molecule has 0 saturated heterocycles. The second-order valence-electron chi connectivity index (χ2n) is 4.71. The Bertz CT molecular complexity index is 451. The maximum atomic E-state index is 12.2. The summed E-state index contributed by atoms with van der Waals surface area (Å²) in [5.74, 6) is -0.956. The summed E-state index contributed by atoms with van der Waals surface area (Å²) in [6, 6.07) is 8.66. The molecular weight excluding hydrogens is 270 g/mol. The van der Waals surface area contributed by atoms with Gasteiger partial charge in [0.05, 0.1) is 12.5 Å². The van der Waals surface area contributed by atoms with E-state index in [9.17, 15) is 9.59 Å². The lowest BCUT2D eigenvalue weighted by Crippen LogP contribution is -2.47. The summed E-state index contributed by atoms with van der Waals surface area (Å²) >= 11 is 0. The van der Waals surface area contributed by atoms with E-state index in [4.69, 9.17) is 10.5 Å². The van der Waals surface area contributed by atoms with Gasteiger partial charge in [0.2, 0.25) is 11.8 Å². The van der Waals surface area contributed by atoms with Gasteiger partial charge < -0.3 is 21.1 Å². The van der Waals surface area contributed by atoms with Crippen LogP contribution in [0.2, 0.25) is 0 Å². The first-order chi connectivity index (χ1) is 10.1. The van der Waals surface area contributed by atoms with Gasteiger partial charge in [-0.05, 0) is 12.5 Å². The van der Waals surface area contributed by atoms with E-state index in [1.54, 1.807) is 14.0 Å². The van der Waals surface area contributed by atoms with Crippen LogP contribution in [0.25, 0.3) is 0 Å². The van der Waals surface area contributed by atoms with Gasteiger partial charge in [-0.15, -0.1) is 0 Å². The van der Waals surface area contributed by atoms with Crippen LogP contribution in [0.3, 0.4) is 0 Å². The molecule has 0 radical (unpaired) electrons. The van der Waals surface area contributed by atoms with Gasteiger partial charge in [0.15, 0.2) is 0 Å². The molecule has 2 amide bonds. The molecule has 4 N–H and O–H groups in total. The standard InChI is InChI=1S/C15H23N3O3/c1-11(14(19)17-8-9-21-2)18-15(20)13(10-16)12-6-4-3-5-7-12/h3-7,11,13H,8-10,16H2,1-2H3,(H,17,19)(H,18,20). The minimum Gasteiger partial charge on any atom is -0.383 e. The second kappa shape index (κ2) is 9.10. The maximum Gasteiger partial charge on any atom is 0.242 e. The van der Waals surface area contributed by atoms with Gasteiger partial charge in [0.25, 0.3) is 0 Å². The molecule has 0 spiro atoms. The Labute approximate surface area is 125 Å². The molecule has 0 aliphatic rings. The number of carbonyl (C=O) groups is 2. The van der Waals surface area contributed by atoms with Crippen molar-refractivity contribution in [1.29, 1.82) is 0 Å². The first-order valence-electron chi connectivity index (χ1n) is 6.92. The second-order valence-corrected chi connectivity index (χ2v) is 4.71. The first kappa shape index (κ1) is 17.1. The van der Waals surface area contributed by atoms with E-state index < -0.39 is 12.0 Å². The number of carbonyl (C=O) groups excluding carboxylic acids is 2. The van der Waals surface area contributed by atoms with E-state index in [0.29, 0.717) is 13.2 Å². The predicted octanol–water partition coefficient (Wildman–Crippen LogP) is -0.00380. The zero-order chi connectivity index (χ0) is 15.7. The molecule has 6 heteroatoms. The largest absolute Gasteiger partial charge is 0.383 e. The fourth-order valence-electron chi connectivity index (χ4n) is 1.89. The molecule has 0 heterocycles. The maximum absolute atomic E-state index is 12.2. The molecule has 2 atom stereocenters. The number of methoxy groups -OCH3 is 1. The number of ether oxygens (including phenoxy) is 1. The number of hydrogen-bond acceptors (Lipinski definition) is 4. The molecule has 0 saturated carbocycles. The summed E-state index contributed by atoms with van der Waals surface area (Å²) in [6.45, 7) is 2.67. The summed E-state index contributed by atoms with van der Waals surface area (Å²) < 4.78 is 4.85. The van der Waals surface area contributed by atoms with Crippen molar-refractivity contribution in [3.63, 3.8) is 0 Å². The molecule has 0 aliphatic carbocycles. The zero-order valence-corrected chi connectivity index (χ0v) is 12.5. The predicted molar refractivity (Wildman–Crippen MR) is 80.7 cm³/mol. The van der Waals surface area contributed by atoms with E-state index >= 15 is 0 Å². The van der Waals surface area contributed by atoms with E-state index in [1.807, 2.05) is 30.3 Å². The molecule has 0 fully saturated rings. The third-order valence-corrected chi connectivity index (χ3v) is 3.11. The molecule has 6 nitrogen and oxygen atoms in total. The van der Waals surface area contributed by atoms with Crippen molar-refractivity contribution >= 4 is 11.8 Å². The van der Waals surface area contributed by atoms with Crippen molar-refractivity contribution in [2.45, 2.75) is 18.9 Å². The Hall–Kier alpha value is -1.92. The molecule has 0 aromatic heterocycles. The summed E-state index contributed by atoms with van der Waals surface area (Å²) in [5, 5.41) is 5.36. The van der Waals surface area contributed by atoms with Crippen molar-refractivity contribution in [3.05, 3.63) is 35.9 Å². The third-order valence-electron chi connectivity index (χ3n) is 3.11. The normalized spacial score (nSPS) is 13.3. The van der Waals surface area contributed by atoms with Crippen LogP contribution in [-0.4, -0.2) is 44.7 Å². The van der Waals surface area contributed by atoms with Crippen molar-refractivity contribution in [2.75, 3.05) is 26.8 Å². The number of nitrogens with one attached hydrogen (secondary N) is 2. The van der Waals surface area contributed by atoms with Crippen LogP contribution in [0.1, 0.15) is 18.4 Å². The molecule has 2 unspecified atom stereocenters. The summed E-state index contributed by atoms with van der Waals surface area (Å²) in [7, 11) is 1.56. The first-order valence-corrected chi connectivity index (χ1v) is 6.92. The van der Waals surface area contributed by atoms with Crippen molar-refractivity contribution in [3.8, 4) is 0 Å². The minimum atomic E-state index is -0.618. The van der Waals surface area contributed by atoms with Crippen LogP contribution in [0.15, 0.2) is 30.3 Å². The Kier molecular flexibility index (Phi) is 7.42. The Morgan fingerprint density at radius 2 is 1.90 bits per heavy atom. The Morgan fingerprint density at radius 3 is 2.48 bits per heavy atom. The van der Waals surface area contributed by atoms with E-state index in [2.05, 4.69) is 10.6 Å². The van der Waals surface area contributed by atoms with Gasteiger partial charge in [0, 0.05) is 20.2 Å². The monoisotopic (exact) mass is 293 g/mol. The van der Waals surface area contributed by atoms with Crippen LogP contribution in [-0.2, 0) is 14.3 Å². The molecule has 21 heavy (non-hydrogen) atoms. The Morgan fingerprint density at radius 1 is 1.24 bits per heavy atom. The van der Waals surface area contributed by atoms with E-state index in [-0.39, 0.29) is 18.4 Å². The number of benzene rings is 1. The smallest absolute Gasteiger partial charge is 0.242 e. The van der Waals surface area contributed by atoms with Crippen LogP contribution in [0.4, 0.5) is 0 Å². The van der Waals surface area contributed by atoms with Crippen LogP contribution < -0.4 is 16.4 Å². The quantitative estimate of drug-likeness (QED) is 0.588. The molecule has 0 bridgehead atoms. The minimum absolute atomic E-state index is 0.188. The fraction of sp³-hybridized carbons (Fsp3) is 0.467. The summed E-state index contributed by atoms with van der Waals surface area (Å²) in [5.41, 5.74) is 6.52. The molecule has 1 aromatic rings. The van der Waals surface area contributed by atoms with Gasteiger partial charge in [0.1, 0.15) is 6.04 Å². The van der Waals surface area contributed by atoms with Gasteiger partial charge in [-0.25, -0.2) is 0 Å². The van der Waals surface area contributed by atoms with Crippen molar-refractivity contribution < 1.29 is 14.3 Å². The van der Waals surface area contributed by atoms with Gasteiger partial charge in [-0.3, -0.25) is 9.59 Å². The van der Waals surface area contributed by atoms with Gasteiger partial charge >= 0.3 is 0 Å². The van der Waals surface area contributed by atoms with Crippen LogP contribution in [0.5, 0.6) is 0 Å². The number of rotatable bonds is 8. The lowest BCUT2D eigenvalue weighted by atomic mass is 9.98. The Balaban J connectivity index is 2.56. The number of hydrogen-bond donors (Lipinski definition) is 3. The van der Waals surface area contributed by atoms with Crippen molar-refractivity contribution in [2.24, 2.45) is 5.73 Å². The molecule has 116 valence electrons. The fourth-order valence-corrected chi connectivity index (χ4v) is 1.89. The highest BCUT2D eigenvalue weighted by Gasteiger charge is 2.22. The van der Waals surface area contributed by atoms with Gasteiger partial charge in [-0.2, -0.15) is 0 Å². The average molecular weight is 293 g/mol. The topological polar surface area (TPSA) is 93.5 Å². The summed E-state index contributed by atoms with van der Waals surface area (Å²) in [6.07, 6.45) is 0. The lowest BCUT2D eigenvalue weighted by Gasteiger charge is -2.19. The zero-order valence-electron chi connectivity index (χ0n) is 12.5. The van der Waals surface area contributed by atoms with Crippen LogP contribution >= 0.6 is 0 Å². The van der Waals surface area contributed by atoms with E-state index in [1.165, 1.54) is 0 Å². The highest BCUT2D eigenvalue weighted by molar-refractivity contribution is 5.90. The SMILES string of the molecule is COCCNC(=O)C(C)NC(=O)C(CN)c1ccccc1. The molecular formula is C15H23N3O3. The van der Waals surface area contributed by atoms with E-state index in [0.717, 1.165) is 5.56 Å². The lowest BCUT2D eigenvalue weighted by molar-refractivity contribution is -0.129. The molecule has 1 rings (SSSR count). The third kappa shape index (κ3) is 5.53. The molecule has 0 aliphatic heterocycles. The highest BCUT2D eigenvalue weighted by Crippen LogP contribution is 2.14.